The van der Waals surface area contributed by atoms with Gasteiger partial charge in [0.1, 0.15) is 11.6 Å². The Balaban J connectivity index is 1.88. The molecule has 2 rings (SSSR count). The van der Waals surface area contributed by atoms with Crippen LogP contribution in [-0.2, 0) is 13.6 Å². The summed E-state index contributed by atoms with van der Waals surface area (Å²) in [5, 5.41) is 0. The van der Waals surface area contributed by atoms with E-state index in [-0.39, 0.29) is 11.6 Å². The van der Waals surface area contributed by atoms with Crippen LogP contribution in [0.3, 0.4) is 0 Å². The summed E-state index contributed by atoms with van der Waals surface area (Å²) < 4.78 is 15.4. The highest BCUT2D eigenvalue weighted by molar-refractivity contribution is 5.96. The molecule has 0 bridgehead atoms. The molecule has 1 heterocycles. The molecule has 4 nitrogen and oxygen atoms in total. The molecule has 21 heavy (non-hydrogen) atoms. The third-order valence-corrected chi connectivity index (χ3v) is 3.55. The number of nitrogens with zero attached hydrogens (tertiary/aromatic N) is 3. The lowest BCUT2D eigenvalue weighted by atomic mass is 10.1. The van der Waals surface area contributed by atoms with Gasteiger partial charge in [-0.2, -0.15) is 0 Å². The second-order valence-corrected chi connectivity index (χ2v) is 5.33. The third-order valence-electron chi connectivity index (χ3n) is 3.55. The van der Waals surface area contributed by atoms with Crippen molar-refractivity contribution in [3.8, 4) is 0 Å². The van der Waals surface area contributed by atoms with E-state index in [0.29, 0.717) is 30.6 Å². The van der Waals surface area contributed by atoms with Crippen LogP contribution in [0.2, 0.25) is 0 Å². The van der Waals surface area contributed by atoms with Crippen LogP contribution in [0.15, 0.2) is 30.6 Å². The number of hydrogen-bond donors (Lipinski definition) is 0. The van der Waals surface area contributed by atoms with Gasteiger partial charge in [0.2, 0.25) is 0 Å². The van der Waals surface area contributed by atoms with Crippen molar-refractivity contribution in [1.82, 2.24) is 14.5 Å². The van der Waals surface area contributed by atoms with Crippen LogP contribution in [0, 0.1) is 12.7 Å². The normalized spacial score (nSPS) is 11.1. The zero-order valence-corrected chi connectivity index (χ0v) is 12.6. The number of hydrogen-bond acceptors (Lipinski definition) is 3. The van der Waals surface area contributed by atoms with E-state index in [1.54, 1.807) is 25.3 Å². The molecule has 0 amide bonds. The fourth-order valence-corrected chi connectivity index (χ4v) is 2.07. The number of rotatable bonds is 6. The quantitative estimate of drug-likeness (QED) is 0.767. The number of Topliss-reactive ketones (excluding diaryl/α,β-unsaturated/α-hetero) is 1. The lowest BCUT2D eigenvalue weighted by molar-refractivity contribution is 0.0967. The Bertz CT molecular complexity index is 636. The molecule has 0 aliphatic heterocycles. The van der Waals surface area contributed by atoms with Gasteiger partial charge in [0, 0.05) is 38.0 Å². The first-order valence-corrected chi connectivity index (χ1v) is 6.91. The maximum Gasteiger partial charge on any atom is 0.164 e. The largest absolute Gasteiger partial charge is 0.337 e. The zero-order valence-electron chi connectivity index (χ0n) is 12.6. The minimum Gasteiger partial charge on any atom is -0.337 e. The van der Waals surface area contributed by atoms with Gasteiger partial charge < -0.3 is 4.57 Å². The standard InChI is InChI=1S/C16H20FN3O/c1-12-4-5-13(10-14(12)17)15(21)6-8-19(2)11-16-18-7-9-20(16)3/h4-5,7,9-10H,6,8,11H2,1-3H3. The van der Waals surface area contributed by atoms with Gasteiger partial charge in [0.15, 0.2) is 5.78 Å². The summed E-state index contributed by atoms with van der Waals surface area (Å²) in [6, 6.07) is 4.64. The topological polar surface area (TPSA) is 38.1 Å². The minimum atomic E-state index is -0.331. The second kappa shape index (κ2) is 6.63. The number of carbonyl (C=O) groups is 1. The first-order valence-electron chi connectivity index (χ1n) is 6.91. The van der Waals surface area contributed by atoms with Gasteiger partial charge in [-0.3, -0.25) is 9.69 Å². The SMILES string of the molecule is Cc1ccc(C(=O)CCN(C)Cc2nccn2C)cc1F. The average molecular weight is 289 g/mol. The Morgan fingerprint density at radius 1 is 1.43 bits per heavy atom. The number of aryl methyl sites for hydroxylation is 2. The second-order valence-electron chi connectivity index (χ2n) is 5.33. The van der Waals surface area contributed by atoms with Crippen molar-refractivity contribution in [2.24, 2.45) is 7.05 Å². The number of halogens is 1. The minimum absolute atomic E-state index is 0.0411. The number of carbonyl (C=O) groups excluding carboxylic acids is 1. The molecule has 0 N–H and O–H groups in total. The summed E-state index contributed by atoms with van der Waals surface area (Å²) in [6.07, 6.45) is 4.01. The van der Waals surface area contributed by atoms with E-state index in [1.807, 2.05) is 29.8 Å². The van der Waals surface area contributed by atoms with Crippen molar-refractivity contribution >= 4 is 5.78 Å². The molecule has 0 spiro atoms. The lowest BCUT2D eigenvalue weighted by Crippen LogP contribution is -2.23. The molecular formula is C16H20FN3O. The fourth-order valence-electron chi connectivity index (χ4n) is 2.07. The fraction of sp³-hybridized carbons (Fsp3) is 0.375. The molecule has 0 unspecified atom stereocenters. The summed E-state index contributed by atoms with van der Waals surface area (Å²) in [4.78, 5) is 18.3. The summed E-state index contributed by atoms with van der Waals surface area (Å²) in [6.45, 7) is 2.98. The predicted molar refractivity (Wildman–Crippen MR) is 79.6 cm³/mol. The monoisotopic (exact) mass is 289 g/mol. The third kappa shape index (κ3) is 3.98. The molecule has 2 aromatic rings. The highest BCUT2D eigenvalue weighted by atomic mass is 19.1. The molecule has 0 atom stereocenters. The van der Waals surface area contributed by atoms with Gasteiger partial charge in [0.05, 0.1) is 6.54 Å². The zero-order chi connectivity index (χ0) is 15.4. The summed E-state index contributed by atoms with van der Waals surface area (Å²) in [7, 11) is 3.88. The van der Waals surface area contributed by atoms with Crippen LogP contribution in [0.5, 0.6) is 0 Å². The van der Waals surface area contributed by atoms with E-state index in [9.17, 15) is 9.18 Å². The predicted octanol–water partition coefficient (Wildman–Crippen LogP) is 2.57. The molecule has 5 heteroatoms. The Morgan fingerprint density at radius 3 is 2.81 bits per heavy atom. The molecule has 0 aliphatic carbocycles. The Hall–Kier alpha value is -2.01. The summed E-state index contributed by atoms with van der Waals surface area (Å²) in [5.41, 5.74) is 0.988. The molecule has 112 valence electrons. The van der Waals surface area contributed by atoms with E-state index in [2.05, 4.69) is 4.98 Å². The molecular weight excluding hydrogens is 269 g/mol. The highest BCUT2D eigenvalue weighted by Gasteiger charge is 2.11. The first kappa shape index (κ1) is 15.4. The van der Waals surface area contributed by atoms with Crippen LogP contribution in [0.25, 0.3) is 0 Å². The van der Waals surface area contributed by atoms with Crippen molar-refractivity contribution in [2.45, 2.75) is 19.9 Å². The molecule has 1 aromatic heterocycles. The van der Waals surface area contributed by atoms with Crippen molar-refractivity contribution in [3.05, 3.63) is 53.4 Å². The summed E-state index contributed by atoms with van der Waals surface area (Å²) >= 11 is 0. The average Bonchev–Trinajstić information content (AvgIpc) is 2.84. The number of aromatic nitrogens is 2. The van der Waals surface area contributed by atoms with Crippen LogP contribution in [-0.4, -0.2) is 33.8 Å². The molecule has 0 radical (unpaired) electrons. The van der Waals surface area contributed by atoms with Crippen molar-refractivity contribution in [3.63, 3.8) is 0 Å². The van der Waals surface area contributed by atoms with Crippen LogP contribution >= 0.6 is 0 Å². The molecule has 0 fully saturated rings. The maximum absolute atomic E-state index is 13.5. The smallest absolute Gasteiger partial charge is 0.164 e. The number of benzene rings is 1. The van der Waals surface area contributed by atoms with E-state index in [4.69, 9.17) is 0 Å². The van der Waals surface area contributed by atoms with E-state index in [0.717, 1.165) is 5.82 Å². The Labute approximate surface area is 124 Å². The van der Waals surface area contributed by atoms with Gasteiger partial charge in [-0.1, -0.05) is 12.1 Å². The molecule has 0 saturated carbocycles. The lowest BCUT2D eigenvalue weighted by Gasteiger charge is -2.15. The van der Waals surface area contributed by atoms with Crippen molar-refractivity contribution in [2.75, 3.05) is 13.6 Å². The number of ketones is 1. The van der Waals surface area contributed by atoms with Gasteiger partial charge in [-0.05, 0) is 25.6 Å². The van der Waals surface area contributed by atoms with E-state index in [1.165, 1.54) is 6.07 Å². The van der Waals surface area contributed by atoms with Crippen molar-refractivity contribution in [1.29, 1.82) is 0 Å². The highest BCUT2D eigenvalue weighted by Crippen LogP contribution is 2.11. The molecule has 0 aliphatic rings. The van der Waals surface area contributed by atoms with Gasteiger partial charge in [-0.15, -0.1) is 0 Å². The van der Waals surface area contributed by atoms with Crippen LogP contribution < -0.4 is 0 Å². The summed E-state index contributed by atoms with van der Waals surface area (Å²) in [5.74, 6) is 0.578. The molecule has 1 aromatic carbocycles. The van der Waals surface area contributed by atoms with E-state index < -0.39 is 0 Å². The van der Waals surface area contributed by atoms with Crippen LogP contribution in [0.1, 0.15) is 28.2 Å². The first-order chi connectivity index (χ1) is 9.97. The van der Waals surface area contributed by atoms with Gasteiger partial charge in [0.25, 0.3) is 0 Å². The van der Waals surface area contributed by atoms with Gasteiger partial charge in [-0.25, -0.2) is 9.37 Å². The Morgan fingerprint density at radius 2 is 2.19 bits per heavy atom. The Kier molecular flexibility index (Phi) is 4.85. The van der Waals surface area contributed by atoms with E-state index >= 15 is 0 Å². The number of imidazole rings is 1. The van der Waals surface area contributed by atoms with Crippen molar-refractivity contribution < 1.29 is 9.18 Å². The maximum atomic E-state index is 13.5. The van der Waals surface area contributed by atoms with Crippen LogP contribution in [0.4, 0.5) is 4.39 Å². The molecule has 0 saturated heterocycles. The van der Waals surface area contributed by atoms with Gasteiger partial charge >= 0.3 is 0 Å².